The van der Waals surface area contributed by atoms with Crippen molar-refractivity contribution in [3.05, 3.63) is 35.6 Å². The van der Waals surface area contributed by atoms with Crippen LogP contribution in [0.1, 0.15) is 32.8 Å². The Morgan fingerprint density at radius 1 is 1.26 bits per heavy atom. The summed E-state index contributed by atoms with van der Waals surface area (Å²) in [7, 11) is 0. The lowest BCUT2D eigenvalue weighted by Gasteiger charge is -2.18. The van der Waals surface area contributed by atoms with Crippen LogP contribution in [0.3, 0.4) is 0 Å². The van der Waals surface area contributed by atoms with Crippen LogP contribution in [0.15, 0.2) is 24.3 Å². The first-order valence-electron chi connectivity index (χ1n) is 6.49. The molecule has 0 heterocycles. The number of amides is 1. The highest BCUT2D eigenvalue weighted by Gasteiger charge is 2.20. The average molecular weight is 265 g/mol. The fourth-order valence-electron chi connectivity index (χ4n) is 1.65. The summed E-state index contributed by atoms with van der Waals surface area (Å²) < 4.78 is 12.8. The molecule has 1 amide bonds. The van der Waals surface area contributed by atoms with E-state index in [9.17, 15) is 14.0 Å². The smallest absolute Gasteiger partial charge is 0.223 e. The highest BCUT2D eigenvalue weighted by molar-refractivity contribution is 5.88. The van der Waals surface area contributed by atoms with Gasteiger partial charge in [-0.3, -0.25) is 9.59 Å². The first-order chi connectivity index (χ1) is 8.93. The summed E-state index contributed by atoms with van der Waals surface area (Å²) in [5.74, 6) is -0.646. The Kier molecular flexibility index (Phi) is 5.67. The quantitative estimate of drug-likeness (QED) is 0.859. The third-order valence-corrected chi connectivity index (χ3v) is 3.22. The Labute approximate surface area is 113 Å². The number of hydrogen-bond donors (Lipinski definition) is 1. The van der Waals surface area contributed by atoms with Gasteiger partial charge < -0.3 is 5.32 Å². The molecule has 0 radical (unpaired) electrons. The van der Waals surface area contributed by atoms with Crippen molar-refractivity contribution in [3.8, 4) is 0 Å². The van der Waals surface area contributed by atoms with Gasteiger partial charge in [-0.25, -0.2) is 4.39 Å². The maximum absolute atomic E-state index is 12.8. The van der Waals surface area contributed by atoms with Gasteiger partial charge >= 0.3 is 0 Å². The van der Waals surface area contributed by atoms with E-state index in [0.717, 1.165) is 12.0 Å². The van der Waals surface area contributed by atoms with Crippen LogP contribution in [-0.2, 0) is 16.0 Å². The van der Waals surface area contributed by atoms with E-state index in [2.05, 4.69) is 5.32 Å². The highest BCUT2D eigenvalue weighted by atomic mass is 19.1. The molecule has 0 aromatic heterocycles. The van der Waals surface area contributed by atoms with E-state index in [1.54, 1.807) is 12.1 Å². The summed E-state index contributed by atoms with van der Waals surface area (Å²) in [4.78, 5) is 23.4. The molecule has 2 atom stereocenters. The van der Waals surface area contributed by atoms with Gasteiger partial charge in [-0.2, -0.15) is 0 Å². The van der Waals surface area contributed by atoms with Crippen LogP contribution in [0.5, 0.6) is 0 Å². The summed E-state index contributed by atoms with van der Waals surface area (Å²) >= 11 is 0. The Hall–Kier alpha value is -1.71. The van der Waals surface area contributed by atoms with Crippen molar-refractivity contribution in [2.45, 2.75) is 39.7 Å². The van der Waals surface area contributed by atoms with E-state index in [1.807, 2.05) is 13.8 Å². The largest absolute Gasteiger partial charge is 0.346 e. The maximum Gasteiger partial charge on any atom is 0.223 e. The molecule has 0 spiro atoms. The zero-order chi connectivity index (χ0) is 14.4. The van der Waals surface area contributed by atoms with Crippen LogP contribution in [0.25, 0.3) is 0 Å². The second-order valence-corrected chi connectivity index (χ2v) is 4.81. The molecule has 0 saturated carbocycles. The molecule has 0 fully saturated rings. The van der Waals surface area contributed by atoms with Crippen LogP contribution in [0.2, 0.25) is 0 Å². The van der Waals surface area contributed by atoms with E-state index in [4.69, 9.17) is 0 Å². The van der Waals surface area contributed by atoms with Gasteiger partial charge in [-0.1, -0.05) is 26.0 Å². The summed E-state index contributed by atoms with van der Waals surface area (Å²) in [6.45, 7) is 5.20. The van der Waals surface area contributed by atoms with Crippen molar-refractivity contribution >= 4 is 11.7 Å². The highest BCUT2D eigenvalue weighted by Crippen LogP contribution is 2.08. The molecule has 0 aliphatic rings. The minimum Gasteiger partial charge on any atom is -0.346 e. The zero-order valence-electron chi connectivity index (χ0n) is 11.6. The standard InChI is InChI=1S/C15H20FNO2/c1-4-10(2)15(19)17-14(11(3)18)9-12-5-7-13(16)8-6-12/h5-8,10,14H,4,9H2,1-3H3,(H,17,19)/t10-,14+/m0/s1. The number of carbonyl (C=O) groups is 2. The molecular weight excluding hydrogens is 245 g/mol. The molecule has 0 saturated heterocycles. The van der Waals surface area contributed by atoms with Crippen LogP contribution >= 0.6 is 0 Å². The molecule has 104 valence electrons. The van der Waals surface area contributed by atoms with Crippen molar-refractivity contribution in [1.29, 1.82) is 0 Å². The number of benzene rings is 1. The Balaban J connectivity index is 2.71. The number of ketones is 1. The summed E-state index contributed by atoms with van der Waals surface area (Å²) in [6.07, 6.45) is 1.12. The van der Waals surface area contributed by atoms with E-state index < -0.39 is 6.04 Å². The van der Waals surface area contributed by atoms with Gasteiger partial charge in [0.25, 0.3) is 0 Å². The molecule has 1 aromatic rings. The molecule has 1 aromatic carbocycles. The predicted octanol–water partition coefficient (Wildman–Crippen LogP) is 2.49. The first-order valence-corrected chi connectivity index (χ1v) is 6.49. The lowest BCUT2D eigenvalue weighted by atomic mass is 10.0. The van der Waals surface area contributed by atoms with Gasteiger partial charge in [0.15, 0.2) is 5.78 Å². The maximum atomic E-state index is 12.8. The van der Waals surface area contributed by atoms with Gasteiger partial charge in [-0.05, 0) is 37.5 Å². The van der Waals surface area contributed by atoms with Crippen LogP contribution in [0.4, 0.5) is 4.39 Å². The summed E-state index contributed by atoms with van der Waals surface area (Å²) in [6, 6.07) is 5.40. The molecule has 0 aliphatic carbocycles. The number of halogens is 1. The normalized spacial score (nSPS) is 13.7. The lowest BCUT2D eigenvalue weighted by Crippen LogP contribution is -2.43. The monoisotopic (exact) mass is 265 g/mol. The number of rotatable bonds is 6. The topological polar surface area (TPSA) is 46.2 Å². The van der Waals surface area contributed by atoms with E-state index >= 15 is 0 Å². The Bertz CT molecular complexity index is 442. The molecule has 4 heteroatoms. The second kappa shape index (κ2) is 7.02. The van der Waals surface area contributed by atoms with Gasteiger partial charge in [-0.15, -0.1) is 0 Å². The lowest BCUT2D eigenvalue weighted by molar-refractivity contribution is -0.129. The summed E-state index contributed by atoms with van der Waals surface area (Å²) in [5, 5.41) is 2.75. The SMILES string of the molecule is CC[C@H](C)C(=O)N[C@H](Cc1ccc(F)cc1)C(C)=O. The van der Waals surface area contributed by atoms with Crippen molar-refractivity contribution < 1.29 is 14.0 Å². The van der Waals surface area contributed by atoms with Crippen molar-refractivity contribution in [2.24, 2.45) is 5.92 Å². The van der Waals surface area contributed by atoms with Crippen molar-refractivity contribution in [3.63, 3.8) is 0 Å². The average Bonchev–Trinajstić information content (AvgIpc) is 2.39. The predicted molar refractivity (Wildman–Crippen MR) is 72.2 cm³/mol. The van der Waals surface area contributed by atoms with Gasteiger partial charge in [0, 0.05) is 5.92 Å². The number of hydrogen-bond acceptors (Lipinski definition) is 2. The Morgan fingerprint density at radius 3 is 2.32 bits per heavy atom. The minimum absolute atomic E-state index is 0.0963. The van der Waals surface area contributed by atoms with Crippen LogP contribution in [-0.4, -0.2) is 17.7 Å². The van der Waals surface area contributed by atoms with E-state index in [0.29, 0.717) is 6.42 Å². The van der Waals surface area contributed by atoms with Crippen molar-refractivity contribution in [2.75, 3.05) is 0 Å². The summed E-state index contributed by atoms with van der Waals surface area (Å²) in [5.41, 5.74) is 0.825. The fourth-order valence-corrected chi connectivity index (χ4v) is 1.65. The fraction of sp³-hybridized carbons (Fsp3) is 0.467. The van der Waals surface area contributed by atoms with Crippen LogP contribution in [0, 0.1) is 11.7 Å². The van der Waals surface area contributed by atoms with Crippen LogP contribution < -0.4 is 5.32 Å². The first kappa shape index (κ1) is 15.3. The van der Waals surface area contributed by atoms with Gasteiger partial charge in [0.2, 0.25) is 5.91 Å². The third-order valence-electron chi connectivity index (χ3n) is 3.22. The molecule has 0 bridgehead atoms. The molecule has 1 N–H and O–H groups in total. The third kappa shape index (κ3) is 4.81. The molecule has 3 nitrogen and oxygen atoms in total. The van der Waals surface area contributed by atoms with Gasteiger partial charge in [0.05, 0.1) is 6.04 Å². The second-order valence-electron chi connectivity index (χ2n) is 4.81. The molecule has 0 unspecified atom stereocenters. The zero-order valence-corrected chi connectivity index (χ0v) is 11.6. The van der Waals surface area contributed by atoms with E-state index in [1.165, 1.54) is 19.1 Å². The molecular formula is C15H20FNO2. The molecule has 19 heavy (non-hydrogen) atoms. The Morgan fingerprint density at radius 2 is 1.84 bits per heavy atom. The number of Topliss-reactive ketones (excluding diaryl/α,β-unsaturated/α-hetero) is 1. The number of carbonyl (C=O) groups excluding carboxylic acids is 2. The van der Waals surface area contributed by atoms with Gasteiger partial charge in [0.1, 0.15) is 5.82 Å². The minimum atomic E-state index is -0.549. The van der Waals surface area contributed by atoms with E-state index in [-0.39, 0.29) is 23.4 Å². The molecule has 0 aliphatic heterocycles. The van der Waals surface area contributed by atoms with Crippen molar-refractivity contribution in [1.82, 2.24) is 5.32 Å². The number of nitrogens with one attached hydrogen (secondary N) is 1. The molecule has 1 rings (SSSR count).